The molecule has 17 heavy (non-hydrogen) atoms. The van der Waals surface area contributed by atoms with Gasteiger partial charge < -0.3 is 14.4 Å². The molecule has 0 aliphatic heterocycles. The number of rotatable bonds is 5. The number of carboxylic acid groups (broad SMARTS) is 1. The van der Waals surface area contributed by atoms with E-state index in [0.29, 0.717) is 31.0 Å². The van der Waals surface area contributed by atoms with Crippen LogP contribution in [-0.4, -0.2) is 28.9 Å². The first-order chi connectivity index (χ1) is 7.99. The van der Waals surface area contributed by atoms with Crippen LogP contribution in [0.25, 0.3) is 0 Å². The van der Waals surface area contributed by atoms with Gasteiger partial charge in [0.2, 0.25) is 0 Å². The predicted octanol–water partition coefficient (Wildman–Crippen LogP) is 1.20. The van der Waals surface area contributed by atoms with Crippen LogP contribution >= 0.6 is 0 Å². The minimum Gasteiger partial charge on any atom is -0.478 e. The van der Waals surface area contributed by atoms with E-state index in [9.17, 15) is 9.59 Å². The average molecular weight is 239 g/mol. The Bertz CT molecular complexity index is 476. The number of ether oxygens (including phenoxy) is 1. The molecule has 5 nitrogen and oxygen atoms in total. The molecular formula is C12H17NO4. The molecule has 0 amide bonds. The third-order valence-electron chi connectivity index (χ3n) is 2.64. The van der Waals surface area contributed by atoms with Crippen LogP contribution in [0.2, 0.25) is 0 Å². The summed E-state index contributed by atoms with van der Waals surface area (Å²) in [7, 11) is 0. The second kappa shape index (κ2) is 5.63. The molecule has 0 aromatic carbocycles. The maximum atomic E-state index is 11.7. The van der Waals surface area contributed by atoms with E-state index in [0.717, 1.165) is 0 Å². The van der Waals surface area contributed by atoms with Crippen LogP contribution in [0.4, 0.5) is 0 Å². The van der Waals surface area contributed by atoms with Crippen LogP contribution in [0.3, 0.4) is 0 Å². The molecule has 0 bridgehead atoms. The average Bonchev–Trinajstić information content (AvgIpc) is 2.21. The van der Waals surface area contributed by atoms with E-state index in [1.807, 2.05) is 6.92 Å². The van der Waals surface area contributed by atoms with Crippen LogP contribution in [0, 0.1) is 13.8 Å². The molecule has 0 fully saturated rings. The topological polar surface area (TPSA) is 68.5 Å². The van der Waals surface area contributed by atoms with E-state index in [-0.39, 0.29) is 11.1 Å². The van der Waals surface area contributed by atoms with Crippen LogP contribution < -0.4 is 5.56 Å². The summed E-state index contributed by atoms with van der Waals surface area (Å²) in [5.41, 5.74) is 0.973. The standard InChI is InChI=1S/C12H17NO4/c1-4-17-6-5-13-9(3)11(12(15)16)8(2)7-10(13)14/h7H,4-6H2,1-3H3,(H,15,16). The Kier molecular flexibility index (Phi) is 4.45. The minimum atomic E-state index is -1.01. The van der Waals surface area contributed by atoms with Crippen molar-refractivity contribution in [3.63, 3.8) is 0 Å². The lowest BCUT2D eigenvalue weighted by Crippen LogP contribution is -2.27. The number of aryl methyl sites for hydroxylation is 1. The van der Waals surface area contributed by atoms with Crippen molar-refractivity contribution in [1.82, 2.24) is 4.57 Å². The normalized spacial score (nSPS) is 10.5. The molecule has 1 aromatic rings. The second-order valence-electron chi connectivity index (χ2n) is 3.78. The quantitative estimate of drug-likeness (QED) is 0.784. The van der Waals surface area contributed by atoms with E-state index >= 15 is 0 Å². The maximum absolute atomic E-state index is 11.7. The van der Waals surface area contributed by atoms with Gasteiger partial charge in [0, 0.05) is 24.9 Å². The molecule has 0 saturated carbocycles. The second-order valence-corrected chi connectivity index (χ2v) is 3.78. The van der Waals surface area contributed by atoms with Gasteiger partial charge in [-0.15, -0.1) is 0 Å². The largest absolute Gasteiger partial charge is 0.478 e. The number of aromatic nitrogens is 1. The molecule has 1 aromatic heterocycles. The van der Waals surface area contributed by atoms with Crippen LogP contribution in [0.1, 0.15) is 28.5 Å². The molecule has 0 atom stereocenters. The van der Waals surface area contributed by atoms with Gasteiger partial charge in [0.05, 0.1) is 12.2 Å². The fraction of sp³-hybridized carbons (Fsp3) is 0.500. The van der Waals surface area contributed by atoms with Crippen molar-refractivity contribution in [2.75, 3.05) is 13.2 Å². The lowest BCUT2D eigenvalue weighted by molar-refractivity contribution is 0.0693. The van der Waals surface area contributed by atoms with Gasteiger partial charge in [-0.25, -0.2) is 4.79 Å². The fourth-order valence-corrected chi connectivity index (χ4v) is 1.82. The summed E-state index contributed by atoms with van der Waals surface area (Å²) in [5, 5.41) is 9.09. The van der Waals surface area contributed by atoms with Gasteiger partial charge in [0.15, 0.2) is 0 Å². The highest BCUT2D eigenvalue weighted by Gasteiger charge is 2.15. The highest BCUT2D eigenvalue weighted by atomic mass is 16.5. The number of carboxylic acids is 1. The van der Waals surface area contributed by atoms with Gasteiger partial charge in [-0.2, -0.15) is 0 Å². The Morgan fingerprint density at radius 1 is 1.47 bits per heavy atom. The Morgan fingerprint density at radius 2 is 2.12 bits per heavy atom. The minimum absolute atomic E-state index is 0.190. The number of pyridine rings is 1. The summed E-state index contributed by atoms with van der Waals surface area (Å²) in [6, 6.07) is 1.35. The van der Waals surface area contributed by atoms with Gasteiger partial charge >= 0.3 is 5.97 Å². The van der Waals surface area contributed by atoms with E-state index < -0.39 is 5.97 Å². The Balaban J connectivity index is 3.17. The third kappa shape index (κ3) is 2.94. The molecule has 0 aliphatic carbocycles. The van der Waals surface area contributed by atoms with Crippen molar-refractivity contribution in [3.05, 3.63) is 33.2 Å². The van der Waals surface area contributed by atoms with Crippen LogP contribution in [0.15, 0.2) is 10.9 Å². The summed E-state index contributed by atoms with van der Waals surface area (Å²) < 4.78 is 6.61. The van der Waals surface area contributed by atoms with E-state index in [1.165, 1.54) is 10.6 Å². The van der Waals surface area contributed by atoms with Crippen molar-refractivity contribution >= 4 is 5.97 Å². The molecule has 0 saturated heterocycles. The first-order valence-electron chi connectivity index (χ1n) is 5.51. The predicted molar refractivity (Wildman–Crippen MR) is 63.6 cm³/mol. The van der Waals surface area contributed by atoms with Gasteiger partial charge in [0.25, 0.3) is 5.56 Å². The molecule has 0 aliphatic rings. The molecule has 1 heterocycles. The highest BCUT2D eigenvalue weighted by Crippen LogP contribution is 2.11. The smallest absolute Gasteiger partial charge is 0.337 e. The zero-order valence-electron chi connectivity index (χ0n) is 10.3. The monoisotopic (exact) mass is 239 g/mol. The van der Waals surface area contributed by atoms with Crippen LogP contribution in [0.5, 0.6) is 0 Å². The van der Waals surface area contributed by atoms with Crippen molar-refractivity contribution < 1.29 is 14.6 Å². The Morgan fingerprint density at radius 3 is 2.65 bits per heavy atom. The number of hydrogen-bond acceptors (Lipinski definition) is 3. The molecule has 5 heteroatoms. The van der Waals surface area contributed by atoms with Crippen LogP contribution in [-0.2, 0) is 11.3 Å². The van der Waals surface area contributed by atoms with Crippen molar-refractivity contribution in [2.45, 2.75) is 27.3 Å². The number of nitrogens with zero attached hydrogens (tertiary/aromatic N) is 1. The molecule has 0 unspecified atom stereocenters. The lowest BCUT2D eigenvalue weighted by Gasteiger charge is -2.13. The fourth-order valence-electron chi connectivity index (χ4n) is 1.82. The zero-order chi connectivity index (χ0) is 13.0. The first kappa shape index (κ1) is 13.4. The van der Waals surface area contributed by atoms with Crippen molar-refractivity contribution in [2.24, 2.45) is 0 Å². The summed E-state index contributed by atoms with van der Waals surface area (Å²) >= 11 is 0. The van der Waals surface area contributed by atoms with E-state index in [4.69, 9.17) is 9.84 Å². The van der Waals surface area contributed by atoms with E-state index in [2.05, 4.69) is 0 Å². The Labute approximate surface area is 99.6 Å². The molecule has 1 rings (SSSR count). The summed E-state index contributed by atoms with van der Waals surface area (Å²) in [6.45, 7) is 6.49. The number of aromatic carboxylic acids is 1. The van der Waals surface area contributed by atoms with Gasteiger partial charge in [-0.1, -0.05) is 0 Å². The van der Waals surface area contributed by atoms with Gasteiger partial charge in [-0.3, -0.25) is 4.79 Å². The molecule has 1 N–H and O–H groups in total. The summed E-state index contributed by atoms with van der Waals surface area (Å²) in [6.07, 6.45) is 0. The van der Waals surface area contributed by atoms with Gasteiger partial charge in [-0.05, 0) is 26.3 Å². The first-order valence-corrected chi connectivity index (χ1v) is 5.51. The molecule has 0 radical (unpaired) electrons. The third-order valence-corrected chi connectivity index (χ3v) is 2.64. The number of carbonyl (C=O) groups is 1. The van der Waals surface area contributed by atoms with Crippen molar-refractivity contribution in [3.8, 4) is 0 Å². The number of hydrogen-bond donors (Lipinski definition) is 1. The zero-order valence-corrected chi connectivity index (χ0v) is 10.3. The maximum Gasteiger partial charge on any atom is 0.337 e. The molecule has 0 spiro atoms. The molecule has 94 valence electrons. The van der Waals surface area contributed by atoms with Crippen molar-refractivity contribution in [1.29, 1.82) is 0 Å². The Hall–Kier alpha value is -1.62. The van der Waals surface area contributed by atoms with E-state index in [1.54, 1.807) is 13.8 Å². The SMILES string of the molecule is CCOCCn1c(C)c(C(=O)O)c(C)cc1=O. The summed E-state index contributed by atoms with van der Waals surface area (Å²) in [5.74, 6) is -1.01. The summed E-state index contributed by atoms with van der Waals surface area (Å²) in [4.78, 5) is 22.8. The highest BCUT2D eigenvalue weighted by molar-refractivity contribution is 5.90. The van der Waals surface area contributed by atoms with Gasteiger partial charge in [0.1, 0.15) is 0 Å². The molecular weight excluding hydrogens is 222 g/mol. The lowest BCUT2D eigenvalue weighted by atomic mass is 10.1.